The lowest BCUT2D eigenvalue weighted by atomic mass is 10.1. The number of halogens is 1. The molecule has 2 N–H and O–H groups in total. The van der Waals surface area contributed by atoms with Gasteiger partial charge in [0, 0.05) is 32.4 Å². The van der Waals surface area contributed by atoms with Crippen molar-refractivity contribution in [3.8, 4) is 0 Å². The van der Waals surface area contributed by atoms with E-state index in [1.54, 1.807) is 24.3 Å². The Morgan fingerprint density at radius 3 is 2.25 bits per heavy atom. The fourth-order valence-electron chi connectivity index (χ4n) is 2.36. The van der Waals surface area contributed by atoms with E-state index in [1.807, 2.05) is 0 Å². The van der Waals surface area contributed by atoms with Crippen molar-refractivity contribution in [1.29, 1.82) is 0 Å². The van der Waals surface area contributed by atoms with Crippen LogP contribution in [-0.2, 0) is 9.84 Å². The summed E-state index contributed by atoms with van der Waals surface area (Å²) < 4.78 is 22.8. The van der Waals surface area contributed by atoms with E-state index >= 15 is 0 Å². The van der Waals surface area contributed by atoms with Gasteiger partial charge in [0.2, 0.25) is 0 Å². The summed E-state index contributed by atoms with van der Waals surface area (Å²) in [4.78, 5) is 2.53. The monoisotopic (exact) mass is 320 g/mol. The molecule has 0 bridgehead atoms. The maximum Gasteiger partial charge on any atom is 0.175 e. The second kappa shape index (κ2) is 7.38. The predicted molar refractivity (Wildman–Crippen MR) is 81.1 cm³/mol. The van der Waals surface area contributed by atoms with Gasteiger partial charge in [-0.3, -0.25) is 4.90 Å². The van der Waals surface area contributed by atoms with Crippen LogP contribution in [0.2, 0.25) is 0 Å². The third-order valence-electron chi connectivity index (χ3n) is 3.46. The molecule has 5 nitrogen and oxygen atoms in total. The SMILES string of the molecule is CS(=O)(=O)c1ccc([C@@H](CO)N2CCNCC2)cc1.Cl. The van der Waals surface area contributed by atoms with E-state index in [0.717, 1.165) is 31.7 Å². The van der Waals surface area contributed by atoms with Gasteiger partial charge in [-0.25, -0.2) is 8.42 Å². The van der Waals surface area contributed by atoms with Crippen molar-refractivity contribution < 1.29 is 13.5 Å². The van der Waals surface area contributed by atoms with E-state index in [4.69, 9.17) is 0 Å². The number of sulfone groups is 1. The number of rotatable bonds is 4. The Morgan fingerprint density at radius 2 is 1.80 bits per heavy atom. The number of nitrogens with zero attached hydrogens (tertiary/aromatic N) is 1. The van der Waals surface area contributed by atoms with Crippen LogP contribution in [0, 0.1) is 0 Å². The number of aliphatic hydroxyl groups is 1. The lowest BCUT2D eigenvalue weighted by Gasteiger charge is -2.34. The molecule has 0 aromatic heterocycles. The zero-order chi connectivity index (χ0) is 13.9. The average Bonchev–Trinajstić information content (AvgIpc) is 2.40. The van der Waals surface area contributed by atoms with Crippen LogP contribution in [0.25, 0.3) is 0 Å². The Balaban J connectivity index is 0.00000200. The van der Waals surface area contributed by atoms with E-state index in [9.17, 15) is 13.5 Å². The first kappa shape index (κ1) is 17.4. The van der Waals surface area contributed by atoms with Gasteiger partial charge in [0.25, 0.3) is 0 Å². The highest BCUT2D eigenvalue weighted by atomic mass is 35.5. The summed E-state index contributed by atoms with van der Waals surface area (Å²) in [5.41, 5.74) is 0.955. The predicted octanol–water partition coefficient (Wildman–Crippen LogP) is 0.451. The molecule has 1 aliphatic heterocycles. The van der Waals surface area contributed by atoms with Crippen molar-refractivity contribution in [2.24, 2.45) is 0 Å². The number of piperazine rings is 1. The van der Waals surface area contributed by atoms with Gasteiger partial charge in [0.05, 0.1) is 17.5 Å². The van der Waals surface area contributed by atoms with E-state index in [0.29, 0.717) is 4.90 Å². The Kier molecular flexibility index (Phi) is 6.42. The average molecular weight is 321 g/mol. The van der Waals surface area contributed by atoms with E-state index in [-0.39, 0.29) is 25.1 Å². The smallest absolute Gasteiger partial charge is 0.175 e. The zero-order valence-electron chi connectivity index (χ0n) is 11.4. The second-order valence-electron chi connectivity index (χ2n) is 4.83. The highest BCUT2D eigenvalue weighted by Gasteiger charge is 2.21. The zero-order valence-corrected chi connectivity index (χ0v) is 13.1. The molecule has 0 saturated carbocycles. The van der Waals surface area contributed by atoms with Crippen molar-refractivity contribution >= 4 is 22.2 Å². The van der Waals surface area contributed by atoms with Crippen LogP contribution in [0.4, 0.5) is 0 Å². The molecular formula is C13H21ClN2O3S. The minimum absolute atomic E-state index is 0. The lowest BCUT2D eigenvalue weighted by Crippen LogP contribution is -2.46. The molecule has 1 saturated heterocycles. The summed E-state index contributed by atoms with van der Waals surface area (Å²) in [6.07, 6.45) is 1.20. The van der Waals surface area contributed by atoms with Crippen LogP contribution in [0.15, 0.2) is 29.2 Å². The van der Waals surface area contributed by atoms with E-state index in [1.165, 1.54) is 6.26 Å². The number of benzene rings is 1. The van der Waals surface area contributed by atoms with Gasteiger partial charge in [-0.1, -0.05) is 12.1 Å². The Morgan fingerprint density at radius 1 is 1.25 bits per heavy atom. The highest BCUT2D eigenvalue weighted by Crippen LogP contribution is 2.22. The molecular weight excluding hydrogens is 300 g/mol. The maximum atomic E-state index is 11.4. The molecule has 20 heavy (non-hydrogen) atoms. The van der Waals surface area contributed by atoms with Crippen molar-refractivity contribution in [1.82, 2.24) is 10.2 Å². The molecule has 1 aliphatic rings. The van der Waals surface area contributed by atoms with Crippen molar-refractivity contribution in [3.63, 3.8) is 0 Å². The summed E-state index contributed by atoms with van der Waals surface area (Å²) in [5.74, 6) is 0. The van der Waals surface area contributed by atoms with Gasteiger partial charge in [0.1, 0.15) is 0 Å². The van der Waals surface area contributed by atoms with Gasteiger partial charge in [-0.2, -0.15) is 0 Å². The molecule has 1 fully saturated rings. The van der Waals surface area contributed by atoms with Gasteiger partial charge in [-0.15, -0.1) is 12.4 Å². The molecule has 0 unspecified atom stereocenters. The van der Waals surface area contributed by atoms with E-state index < -0.39 is 9.84 Å². The van der Waals surface area contributed by atoms with Crippen molar-refractivity contribution in [2.75, 3.05) is 39.0 Å². The van der Waals surface area contributed by atoms with Crippen LogP contribution in [0.3, 0.4) is 0 Å². The van der Waals surface area contributed by atoms with E-state index in [2.05, 4.69) is 10.2 Å². The first-order chi connectivity index (χ1) is 9.02. The minimum atomic E-state index is -3.16. The van der Waals surface area contributed by atoms with Gasteiger partial charge >= 0.3 is 0 Å². The first-order valence-electron chi connectivity index (χ1n) is 6.38. The Bertz CT molecular complexity index is 513. The number of nitrogens with one attached hydrogen (secondary N) is 1. The van der Waals surface area contributed by atoms with Gasteiger partial charge < -0.3 is 10.4 Å². The Hall–Kier alpha value is -0.660. The standard InChI is InChI=1S/C13H20N2O3S.ClH/c1-19(17,18)12-4-2-11(3-5-12)13(10-16)15-8-6-14-7-9-15;/h2-5,13-14,16H,6-10H2,1H3;1H/t13-;/m1./s1. The highest BCUT2D eigenvalue weighted by molar-refractivity contribution is 7.90. The minimum Gasteiger partial charge on any atom is -0.394 e. The molecule has 0 aliphatic carbocycles. The van der Waals surface area contributed by atoms with Crippen LogP contribution < -0.4 is 5.32 Å². The van der Waals surface area contributed by atoms with Gasteiger partial charge in [-0.05, 0) is 17.7 Å². The fourth-order valence-corrected chi connectivity index (χ4v) is 2.99. The van der Waals surface area contributed by atoms with Crippen LogP contribution in [-0.4, -0.2) is 57.5 Å². The van der Waals surface area contributed by atoms with Crippen LogP contribution in [0.5, 0.6) is 0 Å². The largest absolute Gasteiger partial charge is 0.394 e. The molecule has 1 heterocycles. The third kappa shape index (κ3) is 4.17. The molecule has 0 spiro atoms. The normalized spacial score (nSPS) is 18.3. The fraction of sp³-hybridized carbons (Fsp3) is 0.538. The molecule has 0 radical (unpaired) electrons. The summed E-state index contributed by atoms with van der Waals surface area (Å²) in [6.45, 7) is 3.65. The third-order valence-corrected chi connectivity index (χ3v) is 4.59. The van der Waals surface area contributed by atoms with Crippen LogP contribution >= 0.6 is 12.4 Å². The molecule has 1 aromatic rings. The molecule has 0 amide bonds. The maximum absolute atomic E-state index is 11.4. The molecule has 1 atom stereocenters. The summed E-state index contributed by atoms with van der Waals surface area (Å²) in [6, 6.07) is 6.74. The lowest BCUT2D eigenvalue weighted by molar-refractivity contribution is 0.111. The van der Waals surface area contributed by atoms with Crippen molar-refractivity contribution in [2.45, 2.75) is 10.9 Å². The number of aliphatic hydroxyl groups excluding tert-OH is 1. The molecule has 2 rings (SSSR count). The summed E-state index contributed by atoms with van der Waals surface area (Å²) in [7, 11) is -3.16. The topological polar surface area (TPSA) is 69.6 Å². The summed E-state index contributed by atoms with van der Waals surface area (Å²) >= 11 is 0. The summed E-state index contributed by atoms with van der Waals surface area (Å²) in [5, 5.41) is 12.9. The molecule has 1 aromatic carbocycles. The van der Waals surface area contributed by atoms with Crippen LogP contribution in [0.1, 0.15) is 11.6 Å². The molecule has 114 valence electrons. The Labute approximate surface area is 126 Å². The number of hydrogen-bond acceptors (Lipinski definition) is 5. The van der Waals surface area contributed by atoms with Crippen molar-refractivity contribution in [3.05, 3.63) is 29.8 Å². The number of hydrogen-bond donors (Lipinski definition) is 2. The quantitative estimate of drug-likeness (QED) is 0.843. The second-order valence-corrected chi connectivity index (χ2v) is 6.84. The first-order valence-corrected chi connectivity index (χ1v) is 8.27. The van der Waals surface area contributed by atoms with Gasteiger partial charge in [0.15, 0.2) is 9.84 Å². The molecule has 7 heteroatoms.